The van der Waals surface area contributed by atoms with E-state index in [1.54, 1.807) is 13.0 Å². The van der Waals surface area contributed by atoms with Crippen molar-refractivity contribution in [3.05, 3.63) is 29.3 Å². The Labute approximate surface area is 95.9 Å². The molecule has 0 aliphatic heterocycles. The summed E-state index contributed by atoms with van der Waals surface area (Å²) >= 11 is 0. The molecule has 6 heteroatoms. The minimum absolute atomic E-state index is 0.322. The monoisotopic (exact) mass is 242 g/mol. The van der Waals surface area contributed by atoms with E-state index in [4.69, 9.17) is 5.26 Å². The van der Waals surface area contributed by atoms with E-state index in [9.17, 15) is 18.0 Å². The minimum atomic E-state index is -4.54. The maximum Gasteiger partial charge on any atom is 0.418 e. The number of halogens is 3. The van der Waals surface area contributed by atoms with Crippen LogP contribution < -0.4 is 5.32 Å². The molecule has 0 saturated heterocycles. The fourth-order valence-corrected chi connectivity index (χ4v) is 1.27. The number of rotatable bonds is 2. The van der Waals surface area contributed by atoms with E-state index in [0.717, 1.165) is 6.07 Å². The highest BCUT2D eigenvalue weighted by Crippen LogP contribution is 2.35. The lowest BCUT2D eigenvalue weighted by Gasteiger charge is -2.13. The highest BCUT2D eigenvalue weighted by atomic mass is 19.4. The highest BCUT2D eigenvalue weighted by molar-refractivity contribution is 5.93. The van der Waals surface area contributed by atoms with Crippen LogP contribution in [0.5, 0.6) is 0 Å². The zero-order valence-corrected chi connectivity index (χ0v) is 8.93. The van der Waals surface area contributed by atoms with Gasteiger partial charge in [0.2, 0.25) is 5.91 Å². The summed E-state index contributed by atoms with van der Waals surface area (Å²) in [6.07, 6.45) is -5.02. The number of carbonyl (C=O) groups excluding carboxylic acids is 1. The number of nitrogens with zero attached hydrogens (tertiary/aromatic N) is 1. The molecule has 0 spiro atoms. The van der Waals surface area contributed by atoms with E-state index in [0.29, 0.717) is 5.56 Å². The summed E-state index contributed by atoms with van der Waals surface area (Å²) in [5, 5.41) is 10.3. The molecule has 1 aromatic carbocycles. The maximum atomic E-state index is 12.6. The van der Waals surface area contributed by atoms with Gasteiger partial charge in [-0.05, 0) is 24.6 Å². The Bertz CT molecular complexity index is 475. The summed E-state index contributed by atoms with van der Waals surface area (Å²) in [5.41, 5.74) is -0.655. The van der Waals surface area contributed by atoms with Crippen LogP contribution in [-0.4, -0.2) is 5.91 Å². The summed E-state index contributed by atoms with van der Waals surface area (Å²) in [5.74, 6) is -0.761. The summed E-state index contributed by atoms with van der Waals surface area (Å²) < 4.78 is 37.8. The van der Waals surface area contributed by atoms with Gasteiger partial charge in [0, 0.05) is 0 Å². The molecule has 1 amide bonds. The number of carbonyl (C=O) groups is 1. The second-order valence-corrected chi connectivity index (χ2v) is 3.43. The first-order valence-electron chi connectivity index (χ1n) is 4.69. The molecule has 0 bridgehead atoms. The SMILES string of the molecule is Cc1ccc(C(F)(F)F)c(NC(=O)CC#N)c1. The van der Waals surface area contributed by atoms with Gasteiger partial charge in [-0.15, -0.1) is 0 Å². The van der Waals surface area contributed by atoms with E-state index < -0.39 is 24.1 Å². The van der Waals surface area contributed by atoms with Crippen LogP contribution in [0, 0.1) is 18.3 Å². The van der Waals surface area contributed by atoms with Crippen molar-refractivity contribution < 1.29 is 18.0 Å². The first kappa shape index (κ1) is 13.0. The van der Waals surface area contributed by atoms with E-state index in [-0.39, 0.29) is 5.69 Å². The van der Waals surface area contributed by atoms with Crippen molar-refractivity contribution in [3.8, 4) is 6.07 Å². The van der Waals surface area contributed by atoms with Crippen molar-refractivity contribution in [2.24, 2.45) is 0 Å². The van der Waals surface area contributed by atoms with Crippen LogP contribution in [0.3, 0.4) is 0 Å². The molecule has 3 nitrogen and oxygen atoms in total. The average Bonchev–Trinajstić information content (AvgIpc) is 2.15. The van der Waals surface area contributed by atoms with Gasteiger partial charge in [-0.2, -0.15) is 18.4 Å². The van der Waals surface area contributed by atoms with Crippen molar-refractivity contribution in [1.29, 1.82) is 5.26 Å². The molecule has 0 aromatic heterocycles. The van der Waals surface area contributed by atoms with Crippen LogP contribution >= 0.6 is 0 Å². The predicted octanol–water partition coefficient (Wildman–Crippen LogP) is 2.87. The Hall–Kier alpha value is -2.03. The fraction of sp³-hybridized carbons (Fsp3) is 0.273. The van der Waals surface area contributed by atoms with E-state index in [2.05, 4.69) is 5.32 Å². The second-order valence-electron chi connectivity index (χ2n) is 3.43. The number of amides is 1. The summed E-state index contributed by atoms with van der Waals surface area (Å²) in [4.78, 5) is 11.1. The molecule has 0 aliphatic carbocycles. The van der Waals surface area contributed by atoms with Crippen molar-refractivity contribution in [2.45, 2.75) is 19.5 Å². The molecule has 90 valence electrons. The molecule has 1 aromatic rings. The zero-order valence-electron chi connectivity index (χ0n) is 8.93. The Kier molecular flexibility index (Phi) is 3.73. The standard InChI is InChI=1S/C11H9F3N2O/c1-7-2-3-8(11(12,13)14)9(6-7)16-10(17)4-5-15/h2-3,6H,4H2,1H3,(H,16,17). The number of hydrogen-bond acceptors (Lipinski definition) is 2. The van der Waals surface area contributed by atoms with Gasteiger partial charge >= 0.3 is 6.18 Å². The molecule has 0 fully saturated rings. The molecular weight excluding hydrogens is 233 g/mol. The van der Waals surface area contributed by atoms with Gasteiger partial charge in [0.05, 0.1) is 17.3 Å². The van der Waals surface area contributed by atoms with Crippen LogP contribution in [0.25, 0.3) is 0 Å². The number of nitrogens with one attached hydrogen (secondary N) is 1. The van der Waals surface area contributed by atoms with Gasteiger partial charge in [-0.25, -0.2) is 0 Å². The Morgan fingerprint density at radius 2 is 2.12 bits per heavy atom. The first-order chi connectivity index (χ1) is 7.84. The van der Waals surface area contributed by atoms with E-state index >= 15 is 0 Å². The molecule has 0 atom stereocenters. The molecule has 0 radical (unpaired) electrons. The Morgan fingerprint density at radius 3 is 2.65 bits per heavy atom. The normalized spacial score (nSPS) is 10.8. The van der Waals surface area contributed by atoms with Crippen LogP contribution in [0.1, 0.15) is 17.5 Å². The summed E-state index contributed by atoms with van der Waals surface area (Å²) in [6, 6.07) is 5.00. The molecule has 17 heavy (non-hydrogen) atoms. The Balaban J connectivity index is 3.09. The van der Waals surface area contributed by atoms with E-state index in [1.807, 2.05) is 0 Å². The van der Waals surface area contributed by atoms with Crippen LogP contribution in [-0.2, 0) is 11.0 Å². The minimum Gasteiger partial charge on any atom is -0.325 e. The lowest BCUT2D eigenvalue weighted by molar-refractivity contribution is -0.137. The second kappa shape index (κ2) is 4.87. The van der Waals surface area contributed by atoms with Gasteiger partial charge in [-0.3, -0.25) is 4.79 Å². The first-order valence-corrected chi connectivity index (χ1v) is 4.69. The summed E-state index contributed by atoms with van der Waals surface area (Å²) in [6.45, 7) is 1.61. The van der Waals surface area contributed by atoms with Crippen molar-refractivity contribution in [1.82, 2.24) is 0 Å². The maximum absolute atomic E-state index is 12.6. The topological polar surface area (TPSA) is 52.9 Å². The summed E-state index contributed by atoms with van der Waals surface area (Å²) in [7, 11) is 0. The van der Waals surface area contributed by atoms with Crippen molar-refractivity contribution in [2.75, 3.05) is 5.32 Å². The van der Waals surface area contributed by atoms with Crippen LogP contribution in [0.15, 0.2) is 18.2 Å². The molecule has 0 saturated carbocycles. The van der Waals surface area contributed by atoms with E-state index in [1.165, 1.54) is 12.1 Å². The number of aryl methyl sites for hydroxylation is 1. The van der Waals surface area contributed by atoms with Gasteiger partial charge in [0.25, 0.3) is 0 Å². The molecule has 1 N–H and O–H groups in total. The lowest BCUT2D eigenvalue weighted by Crippen LogP contribution is -2.16. The number of anilines is 1. The smallest absolute Gasteiger partial charge is 0.325 e. The number of nitriles is 1. The zero-order chi connectivity index (χ0) is 13.1. The lowest BCUT2D eigenvalue weighted by atomic mass is 10.1. The average molecular weight is 242 g/mol. The molecule has 0 heterocycles. The molecule has 1 rings (SSSR count). The van der Waals surface area contributed by atoms with Crippen molar-refractivity contribution >= 4 is 11.6 Å². The molecule has 0 unspecified atom stereocenters. The van der Waals surface area contributed by atoms with Crippen molar-refractivity contribution in [3.63, 3.8) is 0 Å². The number of hydrogen-bond donors (Lipinski definition) is 1. The quantitative estimate of drug-likeness (QED) is 0.866. The van der Waals surface area contributed by atoms with Gasteiger partial charge in [0.15, 0.2) is 0 Å². The third-order valence-electron chi connectivity index (χ3n) is 1.99. The van der Waals surface area contributed by atoms with Gasteiger partial charge < -0.3 is 5.32 Å². The largest absolute Gasteiger partial charge is 0.418 e. The van der Waals surface area contributed by atoms with Crippen LogP contribution in [0.4, 0.5) is 18.9 Å². The molecular formula is C11H9F3N2O. The molecule has 0 aliphatic rings. The third kappa shape index (κ3) is 3.48. The predicted molar refractivity (Wildman–Crippen MR) is 55.0 cm³/mol. The van der Waals surface area contributed by atoms with Crippen LogP contribution in [0.2, 0.25) is 0 Å². The Morgan fingerprint density at radius 1 is 1.47 bits per heavy atom. The van der Waals surface area contributed by atoms with Gasteiger partial charge in [0.1, 0.15) is 6.42 Å². The third-order valence-corrected chi connectivity index (χ3v) is 1.99. The number of alkyl halides is 3. The highest BCUT2D eigenvalue weighted by Gasteiger charge is 2.33. The number of benzene rings is 1. The fourth-order valence-electron chi connectivity index (χ4n) is 1.27. The van der Waals surface area contributed by atoms with Gasteiger partial charge in [-0.1, -0.05) is 6.07 Å².